The molecule has 2 fully saturated rings. The highest BCUT2D eigenvalue weighted by atomic mass is 19.4. The summed E-state index contributed by atoms with van der Waals surface area (Å²) in [4.78, 5) is 32.3. The first-order valence-electron chi connectivity index (χ1n) is 11.9. The first-order chi connectivity index (χ1) is 17.1. The number of hydrogen-bond acceptors (Lipinski definition) is 4. The lowest BCUT2D eigenvalue weighted by Crippen LogP contribution is -2.64. The van der Waals surface area contributed by atoms with Gasteiger partial charge in [0, 0.05) is 32.7 Å². The molecule has 1 unspecified atom stereocenters. The molecule has 10 heteroatoms. The van der Waals surface area contributed by atoms with E-state index in [0.717, 1.165) is 12.1 Å². The topological polar surface area (TPSA) is 53.1 Å². The Morgan fingerprint density at radius 1 is 0.917 bits per heavy atom. The molecule has 2 amide bonds. The summed E-state index contributed by atoms with van der Waals surface area (Å²) in [5, 5.41) is 0. The van der Waals surface area contributed by atoms with Gasteiger partial charge in [-0.3, -0.25) is 9.59 Å². The second-order valence-corrected chi connectivity index (χ2v) is 9.44. The highest BCUT2D eigenvalue weighted by Crippen LogP contribution is 2.34. The fourth-order valence-corrected chi connectivity index (χ4v) is 4.66. The second-order valence-electron chi connectivity index (χ2n) is 9.44. The van der Waals surface area contributed by atoms with Gasteiger partial charge in [-0.25, -0.2) is 4.39 Å². The zero-order valence-electron chi connectivity index (χ0n) is 20.1. The number of piperazine rings is 1. The molecule has 0 aliphatic carbocycles. The molecule has 0 radical (unpaired) electrons. The summed E-state index contributed by atoms with van der Waals surface area (Å²) in [6.07, 6.45) is -3.62. The van der Waals surface area contributed by atoms with E-state index in [1.165, 1.54) is 24.3 Å². The number of rotatable bonds is 5. The molecule has 1 atom stereocenters. The molecule has 4 rings (SSSR count). The number of hydrogen-bond donors (Lipinski definition) is 0. The quantitative estimate of drug-likeness (QED) is 0.581. The summed E-state index contributed by atoms with van der Waals surface area (Å²) in [5.41, 5.74) is -1.58. The highest BCUT2D eigenvalue weighted by molar-refractivity contribution is 5.88. The molecule has 0 saturated carbocycles. The van der Waals surface area contributed by atoms with Crippen molar-refractivity contribution >= 4 is 11.8 Å². The van der Waals surface area contributed by atoms with E-state index in [1.54, 1.807) is 21.9 Å². The number of likely N-dealkylation sites (tertiary alicyclic amines) is 1. The van der Waals surface area contributed by atoms with Crippen molar-refractivity contribution in [3.8, 4) is 5.75 Å². The van der Waals surface area contributed by atoms with Gasteiger partial charge < -0.3 is 19.4 Å². The Hall–Kier alpha value is -3.14. The molecule has 2 aromatic rings. The summed E-state index contributed by atoms with van der Waals surface area (Å²) in [6.45, 7) is 2.78. The van der Waals surface area contributed by atoms with E-state index >= 15 is 0 Å². The number of piperidine rings is 1. The third-order valence-electron chi connectivity index (χ3n) is 6.75. The van der Waals surface area contributed by atoms with Gasteiger partial charge >= 0.3 is 6.18 Å². The van der Waals surface area contributed by atoms with Crippen molar-refractivity contribution in [2.75, 3.05) is 46.3 Å². The van der Waals surface area contributed by atoms with Gasteiger partial charge in [0.25, 0.3) is 5.91 Å². The average Bonchev–Trinajstić information content (AvgIpc) is 2.85. The first-order valence-corrected chi connectivity index (χ1v) is 11.9. The molecule has 194 valence electrons. The summed E-state index contributed by atoms with van der Waals surface area (Å²) in [7, 11) is 1.97. The summed E-state index contributed by atoms with van der Waals surface area (Å²) in [6, 6.07) is 9.91. The number of amides is 2. The van der Waals surface area contributed by atoms with Gasteiger partial charge in [0.1, 0.15) is 11.6 Å². The van der Waals surface area contributed by atoms with Crippen LogP contribution >= 0.6 is 0 Å². The number of nitrogens with zero attached hydrogens (tertiary/aromatic N) is 3. The number of carbonyl (C=O) groups excluding carboxylic acids is 2. The van der Waals surface area contributed by atoms with Crippen LogP contribution in [0.4, 0.5) is 17.6 Å². The molecule has 2 saturated heterocycles. The van der Waals surface area contributed by atoms with E-state index in [-0.39, 0.29) is 30.5 Å². The minimum absolute atomic E-state index is 0.0147. The molecule has 0 N–H and O–H groups in total. The highest BCUT2D eigenvalue weighted by Gasteiger charge is 2.48. The smallest absolute Gasteiger partial charge is 0.416 e. The fourth-order valence-electron chi connectivity index (χ4n) is 4.66. The largest absolute Gasteiger partial charge is 0.476 e. The van der Waals surface area contributed by atoms with Crippen LogP contribution in [0.5, 0.6) is 5.75 Å². The van der Waals surface area contributed by atoms with Gasteiger partial charge in [0.15, 0.2) is 0 Å². The minimum atomic E-state index is -4.49. The number of halogens is 4. The number of benzene rings is 2. The maximum absolute atomic E-state index is 13.8. The molecule has 2 aliphatic rings. The Labute approximate surface area is 207 Å². The van der Waals surface area contributed by atoms with Crippen LogP contribution in [0.3, 0.4) is 0 Å². The Bertz CT molecular complexity index is 1070. The first kappa shape index (κ1) is 25.9. The Morgan fingerprint density at radius 3 is 2.17 bits per heavy atom. The van der Waals surface area contributed by atoms with Crippen LogP contribution in [0, 0.1) is 5.82 Å². The molecular formula is C26H29F4N3O3. The normalized spacial score (nSPS) is 21.4. The minimum Gasteiger partial charge on any atom is -0.476 e. The molecule has 0 spiro atoms. The second kappa shape index (κ2) is 10.5. The molecule has 6 nitrogen and oxygen atoms in total. The Balaban J connectivity index is 1.57. The SMILES string of the molecule is CN1CCN(C(=O)C2(Oc3ccc(C(F)(F)F)cc3)CCCN(C(=O)Cc3ccc(F)cc3)C2)CC1. The standard InChI is InChI=1S/C26H29F4N3O3/c1-31-13-15-32(16-14-31)24(35)25(36-22-9-5-20(6-10-22)26(28,29)30)11-2-12-33(18-25)23(34)17-19-3-7-21(27)8-4-19/h3-10H,2,11-18H2,1H3. The van der Waals surface area contributed by atoms with Gasteiger partial charge in [0.05, 0.1) is 18.5 Å². The van der Waals surface area contributed by atoms with Crippen LogP contribution in [0.25, 0.3) is 0 Å². The van der Waals surface area contributed by atoms with E-state index in [2.05, 4.69) is 4.90 Å². The number of likely N-dealkylation sites (N-methyl/N-ethyl adjacent to an activating group) is 1. The lowest BCUT2D eigenvalue weighted by Gasteiger charge is -2.45. The average molecular weight is 508 g/mol. The molecule has 36 heavy (non-hydrogen) atoms. The van der Waals surface area contributed by atoms with Crippen LogP contribution in [-0.4, -0.2) is 78.4 Å². The van der Waals surface area contributed by atoms with E-state index in [9.17, 15) is 27.2 Å². The van der Waals surface area contributed by atoms with Crippen molar-refractivity contribution in [2.45, 2.75) is 31.0 Å². The third-order valence-corrected chi connectivity index (χ3v) is 6.75. The van der Waals surface area contributed by atoms with Gasteiger partial charge in [-0.15, -0.1) is 0 Å². The van der Waals surface area contributed by atoms with Crippen LogP contribution in [-0.2, 0) is 22.2 Å². The fraction of sp³-hybridized carbons (Fsp3) is 0.462. The van der Waals surface area contributed by atoms with Gasteiger partial charge in [-0.1, -0.05) is 12.1 Å². The van der Waals surface area contributed by atoms with Crippen molar-refractivity contribution in [3.63, 3.8) is 0 Å². The molecule has 2 aliphatic heterocycles. The van der Waals surface area contributed by atoms with E-state index in [1.807, 2.05) is 7.05 Å². The lowest BCUT2D eigenvalue weighted by atomic mass is 9.89. The van der Waals surface area contributed by atoms with Crippen molar-refractivity contribution in [3.05, 3.63) is 65.5 Å². The van der Waals surface area contributed by atoms with Crippen molar-refractivity contribution < 1.29 is 31.9 Å². The maximum Gasteiger partial charge on any atom is 0.416 e. The van der Waals surface area contributed by atoms with Crippen molar-refractivity contribution in [2.24, 2.45) is 0 Å². The van der Waals surface area contributed by atoms with Crippen molar-refractivity contribution in [1.29, 1.82) is 0 Å². The van der Waals surface area contributed by atoms with Gasteiger partial charge in [-0.05, 0) is 61.9 Å². The molecule has 0 bridgehead atoms. The van der Waals surface area contributed by atoms with E-state index in [4.69, 9.17) is 4.74 Å². The van der Waals surface area contributed by atoms with Crippen LogP contribution in [0.15, 0.2) is 48.5 Å². The summed E-state index contributed by atoms with van der Waals surface area (Å²) in [5.74, 6) is -0.758. The van der Waals surface area contributed by atoms with Gasteiger partial charge in [0.2, 0.25) is 11.5 Å². The summed E-state index contributed by atoms with van der Waals surface area (Å²) < 4.78 is 58.5. The predicted molar refractivity (Wildman–Crippen MR) is 125 cm³/mol. The van der Waals surface area contributed by atoms with Crippen LogP contribution < -0.4 is 4.74 Å². The van der Waals surface area contributed by atoms with E-state index < -0.39 is 23.2 Å². The Kier molecular flexibility index (Phi) is 7.54. The summed E-state index contributed by atoms with van der Waals surface area (Å²) >= 11 is 0. The zero-order valence-corrected chi connectivity index (χ0v) is 20.1. The monoisotopic (exact) mass is 507 g/mol. The molecule has 2 aromatic carbocycles. The van der Waals surface area contributed by atoms with Crippen LogP contribution in [0.1, 0.15) is 24.0 Å². The molecule has 0 aromatic heterocycles. The van der Waals surface area contributed by atoms with Gasteiger partial charge in [-0.2, -0.15) is 13.2 Å². The number of alkyl halides is 3. The molecule has 2 heterocycles. The number of carbonyl (C=O) groups is 2. The van der Waals surface area contributed by atoms with Crippen molar-refractivity contribution in [1.82, 2.24) is 14.7 Å². The predicted octanol–water partition coefficient (Wildman–Crippen LogP) is 3.60. The third kappa shape index (κ3) is 5.98. The van der Waals surface area contributed by atoms with Crippen LogP contribution in [0.2, 0.25) is 0 Å². The Morgan fingerprint density at radius 2 is 1.56 bits per heavy atom. The molecular weight excluding hydrogens is 478 g/mol. The maximum atomic E-state index is 13.8. The lowest BCUT2D eigenvalue weighted by molar-refractivity contribution is -0.158. The zero-order chi connectivity index (χ0) is 25.9. The number of ether oxygens (including phenoxy) is 1. The van der Waals surface area contributed by atoms with E-state index in [0.29, 0.717) is 51.1 Å².